The van der Waals surface area contributed by atoms with Crippen LogP contribution < -0.4 is 4.74 Å². The number of nitriles is 1. The van der Waals surface area contributed by atoms with E-state index in [4.69, 9.17) is 10.00 Å². The molecular formula is C9H6F3NOS. The molecule has 0 radical (unpaired) electrons. The van der Waals surface area contributed by atoms with Crippen LogP contribution in [0.1, 0.15) is 11.1 Å². The highest BCUT2D eigenvalue weighted by molar-refractivity contribution is 7.80. The van der Waals surface area contributed by atoms with Crippen molar-refractivity contribution in [2.45, 2.75) is 11.1 Å². The van der Waals surface area contributed by atoms with Crippen LogP contribution in [0.4, 0.5) is 13.2 Å². The van der Waals surface area contributed by atoms with Crippen molar-refractivity contribution in [1.29, 1.82) is 5.26 Å². The minimum absolute atomic E-state index is 0.00958. The van der Waals surface area contributed by atoms with E-state index >= 15 is 0 Å². The van der Waals surface area contributed by atoms with Gasteiger partial charge in [0.25, 0.3) is 0 Å². The van der Waals surface area contributed by atoms with Crippen LogP contribution in [0.15, 0.2) is 17.0 Å². The molecule has 1 aromatic carbocycles. The van der Waals surface area contributed by atoms with Gasteiger partial charge >= 0.3 is 6.18 Å². The molecule has 1 rings (SSSR count). The number of ether oxygens (including phenoxy) is 1. The molecule has 0 saturated heterocycles. The van der Waals surface area contributed by atoms with Gasteiger partial charge in [-0.05, 0) is 12.1 Å². The summed E-state index contributed by atoms with van der Waals surface area (Å²) in [6.07, 6.45) is -4.57. The summed E-state index contributed by atoms with van der Waals surface area (Å²) in [5.74, 6) is -0.00958. The zero-order valence-corrected chi connectivity index (χ0v) is 8.49. The molecule has 1 aromatic rings. The zero-order valence-electron chi connectivity index (χ0n) is 7.59. The van der Waals surface area contributed by atoms with E-state index in [0.717, 1.165) is 12.1 Å². The standard InChI is InChI=1S/C9H6F3NOS/c1-14-7-3-6(9(10,11)12)5(4-13)2-8(7)15/h2-3,15H,1H3. The predicted molar refractivity (Wildman–Crippen MR) is 50.0 cm³/mol. The Morgan fingerprint density at radius 1 is 1.40 bits per heavy atom. The highest BCUT2D eigenvalue weighted by Gasteiger charge is 2.34. The van der Waals surface area contributed by atoms with Crippen LogP contribution in [-0.4, -0.2) is 7.11 Å². The Morgan fingerprint density at radius 3 is 2.40 bits per heavy atom. The first-order valence-corrected chi connectivity index (χ1v) is 4.23. The van der Waals surface area contributed by atoms with E-state index in [1.807, 2.05) is 0 Å². The van der Waals surface area contributed by atoms with Gasteiger partial charge in [0.05, 0.1) is 24.3 Å². The molecule has 0 spiro atoms. The molecule has 0 fully saturated rings. The van der Waals surface area contributed by atoms with Crippen LogP contribution in [0.25, 0.3) is 0 Å². The molecule has 0 N–H and O–H groups in total. The van der Waals surface area contributed by atoms with Gasteiger partial charge in [-0.1, -0.05) is 0 Å². The number of rotatable bonds is 1. The molecule has 0 saturated carbocycles. The van der Waals surface area contributed by atoms with E-state index in [2.05, 4.69) is 12.6 Å². The largest absolute Gasteiger partial charge is 0.496 e. The molecular weight excluding hydrogens is 227 g/mol. The van der Waals surface area contributed by atoms with Crippen molar-refractivity contribution < 1.29 is 17.9 Å². The Bertz CT molecular complexity index is 423. The summed E-state index contributed by atoms with van der Waals surface area (Å²) in [7, 11) is 1.24. The lowest BCUT2D eigenvalue weighted by atomic mass is 10.1. The summed E-state index contributed by atoms with van der Waals surface area (Å²) in [4.78, 5) is 0.196. The third kappa shape index (κ3) is 2.36. The van der Waals surface area contributed by atoms with Gasteiger partial charge < -0.3 is 4.74 Å². The molecule has 0 amide bonds. The number of hydrogen-bond acceptors (Lipinski definition) is 3. The smallest absolute Gasteiger partial charge is 0.417 e. The van der Waals surface area contributed by atoms with Crippen molar-refractivity contribution in [3.63, 3.8) is 0 Å². The predicted octanol–water partition coefficient (Wildman–Crippen LogP) is 2.87. The molecule has 0 unspecified atom stereocenters. The Morgan fingerprint density at radius 2 is 2.00 bits per heavy atom. The highest BCUT2D eigenvalue weighted by Crippen LogP contribution is 2.36. The molecule has 2 nitrogen and oxygen atoms in total. The lowest BCUT2D eigenvalue weighted by molar-refractivity contribution is -0.137. The number of nitrogens with zero attached hydrogens (tertiary/aromatic N) is 1. The molecule has 0 aliphatic rings. The van der Waals surface area contributed by atoms with Gasteiger partial charge in [-0.25, -0.2) is 0 Å². The maximum Gasteiger partial charge on any atom is 0.417 e. The number of hydrogen-bond donors (Lipinski definition) is 1. The number of alkyl halides is 3. The Hall–Kier alpha value is -1.35. The van der Waals surface area contributed by atoms with E-state index in [9.17, 15) is 13.2 Å². The van der Waals surface area contributed by atoms with E-state index in [-0.39, 0.29) is 10.6 Å². The van der Waals surface area contributed by atoms with E-state index in [1.165, 1.54) is 13.2 Å². The van der Waals surface area contributed by atoms with Crippen molar-refractivity contribution in [1.82, 2.24) is 0 Å². The van der Waals surface area contributed by atoms with Gasteiger partial charge in [0, 0.05) is 4.90 Å². The van der Waals surface area contributed by atoms with Crippen molar-refractivity contribution in [3.8, 4) is 11.8 Å². The van der Waals surface area contributed by atoms with Crippen molar-refractivity contribution in [2.75, 3.05) is 7.11 Å². The Labute approximate surface area is 89.7 Å². The summed E-state index contributed by atoms with van der Waals surface area (Å²) in [5.41, 5.74) is -1.48. The average molecular weight is 233 g/mol. The van der Waals surface area contributed by atoms with Crippen LogP contribution in [0.3, 0.4) is 0 Å². The number of benzene rings is 1. The third-order valence-electron chi connectivity index (χ3n) is 1.74. The third-order valence-corrected chi connectivity index (χ3v) is 2.09. The second kappa shape index (κ2) is 4.03. The Balaban J connectivity index is 3.44. The van der Waals surface area contributed by atoms with Gasteiger partial charge in [0.2, 0.25) is 0 Å². The molecule has 0 bridgehead atoms. The second-order valence-electron chi connectivity index (χ2n) is 2.68. The summed E-state index contributed by atoms with van der Waals surface area (Å²) in [5, 5.41) is 8.55. The average Bonchev–Trinajstić information content (AvgIpc) is 2.15. The number of methoxy groups -OCH3 is 1. The normalized spacial score (nSPS) is 10.9. The highest BCUT2D eigenvalue weighted by atomic mass is 32.1. The number of thiol groups is 1. The first kappa shape index (κ1) is 11.7. The fraction of sp³-hybridized carbons (Fsp3) is 0.222. The van der Waals surface area contributed by atoms with E-state index < -0.39 is 17.3 Å². The molecule has 0 aliphatic heterocycles. The summed E-state index contributed by atoms with van der Waals surface area (Å²) < 4.78 is 42.0. The molecule has 80 valence electrons. The van der Waals surface area contributed by atoms with E-state index in [0.29, 0.717) is 0 Å². The molecule has 0 aliphatic carbocycles. The quantitative estimate of drug-likeness (QED) is 0.756. The van der Waals surface area contributed by atoms with Crippen LogP contribution >= 0.6 is 12.6 Å². The van der Waals surface area contributed by atoms with Gasteiger partial charge in [-0.15, -0.1) is 12.6 Å². The molecule has 6 heteroatoms. The van der Waals surface area contributed by atoms with Gasteiger partial charge in [-0.3, -0.25) is 0 Å². The van der Waals surface area contributed by atoms with Crippen molar-refractivity contribution in [2.24, 2.45) is 0 Å². The van der Waals surface area contributed by atoms with Crippen LogP contribution in [0, 0.1) is 11.3 Å². The SMILES string of the molecule is COc1cc(C(F)(F)F)c(C#N)cc1S. The first-order chi connectivity index (χ1) is 6.90. The topological polar surface area (TPSA) is 33.0 Å². The van der Waals surface area contributed by atoms with Crippen molar-refractivity contribution >= 4 is 12.6 Å². The number of halogens is 3. The van der Waals surface area contributed by atoms with Crippen LogP contribution in [-0.2, 0) is 6.18 Å². The van der Waals surface area contributed by atoms with Gasteiger partial charge in [0.1, 0.15) is 5.75 Å². The lowest BCUT2D eigenvalue weighted by Crippen LogP contribution is -2.08. The minimum Gasteiger partial charge on any atom is -0.496 e. The molecule has 15 heavy (non-hydrogen) atoms. The summed E-state index contributed by atoms with van der Waals surface area (Å²) >= 11 is 3.90. The molecule has 0 atom stereocenters. The van der Waals surface area contributed by atoms with Gasteiger partial charge in [0.15, 0.2) is 0 Å². The molecule has 0 aromatic heterocycles. The summed E-state index contributed by atoms with van der Waals surface area (Å²) in [6.45, 7) is 0. The Kier molecular flexibility index (Phi) is 3.15. The molecule has 0 heterocycles. The van der Waals surface area contributed by atoms with Crippen LogP contribution in [0.2, 0.25) is 0 Å². The maximum absolute atomic E-state index is 12.5. The maximum atomic E-state index is 12.5. The summed E-state index contributed by atoms with van der Waals surface area (Å²) in [6, 6.07) is 3.27. The zero-order chi connectivity index (χ0) is 11.6. The fourth-order valence-electron chi connectivity index (χ4n) is 1.06. The lowest BCUT2D eigenvalue weighted by Gasteiger charge is -2.11. The van der Waals surface area contributed by atoms with Gasteiger partial charge in [-0.2, -0.15) is 18.4 Å². The van der Waals surface area contributed by atoms with Crippen molar-refractivity contribution in [3.05, 3.63) is 23.3 Å². The fourth-order valence-corrected chi connectivity index (χ4v) is 1.34. The van der Waals surface area contributed by atoms with Crippen LogP contribution in [0.5, 0.6) is 5.75 Å². The second-order valence-corrected chi connectivity index (χ2v) is 3.16. The van der Waals surface area contributed by atoms with E-state index in [1.54, 1.807) is 0 Å². The first-order valence-electron chi connectivity index (χ1n) is 3.78. The monoisotopic (exact) mass is 233 g/mol. The minimum atomic E-state index is -4.57.